The van der Waals surface area contributed by atoms with Crippen molar-refractivity contribution in [3.63, 3.8) is 0 Å². The van der Waals surface area contributed by atoms with Crippen LogP contribution in [-0.2, 0) is 4.79 Å². The number of aromatic amines is 1. The van der Waals surface area contributed by atoms with E-state index in [1.165, 1.54) is 19.3 Å². The van der Waals surface area contributed by atoms with Gasteiger partial charge in [-0.05, 0) is 37.2 Å². The quantitative estimate of drug-likeness (QED) is 0.185. The molecular weight excluding hydrogens is 392 g/mol. The molecule has 0 bridgehead atoms. The summed E-state index contributed by atoms with van der Waals surface area (Å²) in [6, 6.07) is 1.99. The topological polar surface area (TPSA) is 150 Å². The van der Waals surface area contributed by atoms with Crippen molar-refractivity contribution in [3.8, 4) is 0 Å². The molecule has 0 saturated carbocycles. The molecule has 1 amide bonds. The first-order chi connectivity index (χ1) is 14.7. The smallest absolute Gasteiger partial charge is 0.251 e. The number of unbranched alkanes of at least 4 members (excludes halogenated alkanes) is 2. The third-order valence-corrected chi connectivity index (χ3v) is 6.08. The number of aliphatic imine (C=N–C) groups is 1. The van der Waals surface area contributed by atoms with Crippen LogP contribution in [0.5, 0.6) is 0 Å². The maximum Gasteiger partial charge on any atom is 0.251 e. The monoisotopic (exact) mass is 430 g/mol. The normalized spacial score (nSPS) is 19.5. The largest absolute Gasteiger partial charge is 0.382 e. The number of amidine groups is 1. The van der Waals surface area contributed by atoms with E-state index in [2.05, 4.69) is 36.1 Å². The molecule has 1 aliphatic heterocycles. The Morgan fingerprint density at radius 3 is 2.68 bits per heavy atom. The van der Waals surface area contributed by atoms with E-state index in [1.807, 2.05) is 0 Å². The first kappa shape index (κ1) is 24.8. The summed E-state index contributed by atoms with van der Waals surface area (Å²) in [7, 11) is 0. The third kappa shape index (κ3) is 7.31. The van der Waals surface area contributed by atoms with E-state index >= 15 is 0 Å². The molecule has 8 heteroatoms. The highest BCUT2D eigenvalue weighted by Crippen LogP contribution is 2.31. The molecule has 2 atom stereocenters. The van der Waals surface area contributed by atoms with Gasteiger partial charge in [0.1, 0.15) is 18.0 Å². The lowest BCUT2D eigenvalue weighted by atomic mass is 9.81. The van der Waals surface area contributed by atoms with Crippen LogP contribution in [0, 0.1) is 10.8 Å². The zero-order chi connectivity index (χ0) is 23.0. The number of hydrogen-bond acceptors (Lipinski definition) is 4. The fraction of sp³-hybridized carbons (Fsp3) is 0.652. The molecular formula is C23H38N6O2. The number of ketones is 1. The number of carbonyl (C=O) groups is 2. The van der Waals surface area contributed by atoms with E-state index in [9.17, 15) is 9.59 Å². The molecule has 31 heavy (non-hydrogen) atoms. The molecule has 2 rings (SSSR count). The Morgan fingerprint density at radius 2 is 2.03 bits per heavy atom. The lowest BCUT2D eigenvalue weighted by molar-refractivity contribution is -0.121. The number of nitrogens with zero attached hydrogens (tertiary/aromatic N) is 1. The van der Waals surface area contributed by atoms with Gasteiger partial charge in [-0.1, -0.05) is 40.0 Å². The van der Waals surface area contributed by atoms with Crippen LogP contribution in [0.3, 0.4) is 0 Å². The second kappa shape index (κ2) is 11.2. The minimum Gasteiger partial charge on any atom is -0.382 e. The van der Waals surface area contributed by atoms with Gasteiger partial charge >= 0.3 is 0 Å². The number of amides is 1. The van der Waals surface area contributed by atoms with Gasteiger partial charge in [0, 0.05) is 30.6 Å². The molecule has 1 aromatic rings. The average molecular weight is 431 g/mol. The number of primary amides is 1. The number of aromatic nitrogens is 1. The first-order valence-corrected chi connectivity index (χ1v) is 11.3. The van der Waals surface area contributed by atoms with Crippen molar-refractivity contribution in [1.29, 1.82) is 5.41 Å². The van der Waals surface area contributed by atoms with Crippen molar-refractivity contribution in [2.24, 2.45) is 21.9 Å². The maximum atomic E-state index is 12.5. The molecule has 0 radical (unpaired) electrons. The summed E-state index contributed by atoms with van der Waals surface area (Å²) in [5.41, 5.74) is 12.8. The van der Waals surface area contributed by atoms with Crippen LogP contribution in [0.1, 0.15) is 106 Å². The number of H-pyrrole nitrogens is 1. The van der Waals surface area contributed by atoms with Crippen LogP contribution in [0.15, 0.2) is 11.1 Å². The Balaban J connectivity index is 1.90. The molecule has 2 unspecified atom stereocenters. The SMILES string of the molecule is CCCCCC(C)(C)CC(=O)CCC1CCC(c2cc(C(N)=O)c(C(N)=NC=N)[nH]2)N1. The summed E-state index contributed by atoms with van der Waals surface area (Å²) in [6.45, 7) is 6.58. The van der Waals surface area contributed by atoms with E-state index in [0.29, 0.717) is 24.3 Å². The zero-order valence-electron chi connectivity index (χ0n) is 19.1. The summed E-state index contributed by atoms with van der Waals surface area (Å²) < 4.78 is 0. The van der Waals surface area contributed by atoms with E-state index in [4.69, 9.17) is 16.9 Å². The molecule has 1 aliphatic rings. The average Bonchev–Trinajstić information content (AvgIpc) is 3.33. The van der Waals surface area contributed by atoms with Gasteiger partial charge in [0.15, 0.2) is 0 Å². The number of nitrogens with one attached hydrogen (secondary N) is 3. The van der Waals surface area contributed by atoms with Crippen LogP contribution >= 0.6 is 0 Å². The maximum absolute atomic E-state index is 12.5. The van der Waals surface area contributed by atoms with E-state index in [0.717, 1.165) is 37.7 Å². The predicted octanol–water partition coefficient (Wildman–Crippen LogP) is 3.56. The Kier molecular flexibility index (Phi) is 8.98. The van der Waals surface area contributed by atoms with Crippen molar-refractivity contribution >= 4 is 23.9 Å². The second-order valence-electron chi connectivity index (χ2n) is 9.39. The van der Waals surface area contributed by atoms with Gasteiger partial charge in [0.2, 0.25) is 0 Å². The Bertz CT molecular complexity index is 811. The van der Waals surface area contributed by atoms with Gasteiger partial charge < -0.3 is 21.8 Å². The number of hydrogen-bond donors (Lipinski definition) is 5. The highest BCUT2D eigenvalue weighted by molar-refractivity contribution is 6.09. The molecule has 0 aliphatic carbocycles. The molecule has 1 saturated heterocycles. The lowest BCUT2D eigenvalue weighted by Crippen LogP contribution is -2.26. The molecule has 0 spiro atoms. The van der Waals surface area contributed by atoms with Gasteiger partial charge in [-0.2, -0.15) is 0 Å². The first-order valence-electron chi connectivity index (χ1n) is 11.3. The summed E-state index contributed by atoms with van der Waals surface area (Å²) >= 11 is 0. The van der Waals surface area contributed by atoms with Gasteiger partial charge in [-0.3, -0.25) is 15.0 Å². The second-order valence-corrected chi connectivity index (χ2v) is 9.39. The summed E-state index contributed by atoms with van der Waals surface area (Å²) in [4.78, 5) is 31.2. The van der Waals surface area contributed by atoms with E-state index in [1.54, 1.807) is 6.07 Å². The minimum atomic E-state index is -0.595. The summed E-state index contributed by atoms with van der Waals surface area (Å²) in [5, 5.41) is 10.6. The van der Waals surface area contributed by atoms with Crippen LogP contribution < -0.4 is 16.8 Å². The Labute approximate surface area is 185 Å². The van der Waals surface area contributed by atoms with Gasteiger partial charge in [-0.15, -0.1) is 0 Å². The predicted molar refractivity (Wildman–Crippen MR) is 124 cm³/mol. The van der Waals surface area contributed by atoms with Crippen LogP contribution in [0.2, 0.25) is 0 Å². The van der Waals surface area contributed by atoms with Crippen molar-refractivity contribution in [1.82, 2.24) is 10.3 Å². The molecule has 7 N–H and O–H groups in total. The lowest BCUT2D eigenvalue weighted by Gasteiger charge is -2.24. The highest BCUT2D eigenvalue weighted by atomic mass is 16.1. The number of nitrogens with two attached hydrogens (primary N) is 2. The van der Waals surface area contributed by atoms with Gasteiger partial charge in [-0.25, -0.2) is 4.99 Å². The number of Topliss-reactive ketones (excluding diaryl/α,β-unsaturated/α-hetero) is 1. The van der Waals surface area contributed by atoms with E-state index in [-0.39, 0.29) is 28.9 Å². The Hall–Kier alpha value is -2.48. The number of carbonyl (C=O) groups excluding carboxylic acids is 2. The van der Waals surface area contributed by atoms with Crippen LogP contribution in [-0.4, -0.2) is 34.9 Å². The standard InChI is InChI=1S/C23H38N6O2/c1-4-5-6-11-23(2,3)13-16(30)9-7-15-8-10-18(28-15)19-12-17(22(26)31)20(29-19)21(25)27-14-24/h12,14-15,18,28-29H,4-11,13H2,1-3H3,(H2,26,31)(H3,24,25,27). The molecule has 1 fully saturated rings. The van der Waals surface area contributed by atoms with Crippen molar-refractivity contribution in [2.75, 3.05) is 0 Å². The summed E-state index contributed by atoms with van der Waals surface area (Å²) in [5.74, 6) is -0.209. The highest BCUT2D eigenvalue weighted by Gasteiger charge is 2.29. The molecule has 1 aromatic heterocycles. The van der Waals surface area contributed by atoms with Crippen molar-refractivity contribution in [3.05, 3.63) is 23.0 Å². The molecule has 172 valence electrons. The zero-order valence-corrected chi connectivity index (χ0v) is 19.1. The molecule has 8 nitrogen and oxygen atoms in total. The summed E-state index contributed by atoms with van der Waals surface area (Å²) in [6.07, 6.45) is 9.42. The minimum absolute atomic E-state index is 0.0326. The van der Waals surface area contributed by atoms with Crippen LogP contribution in [0.4, 0.5) is 0 Å². The fourth-order valence-electron chi connectivity index (χ4n) is 4.38. The molecule has 2 heterocycles. The van der Waals surface area contributed by atoms with Crippen molar-refractivity contribution < 1.29 is 9.59 Å². The van der Waals surface area contributed by atoms with E-state index < -0.39 is 5.91 Å². The number of rotatable bonds is 13. The van der Waals surface area contributed by atoms with Crippen molar-refractivity contribution in [2.45, 2.75) is 90.6 Å². The fourth-order valence-corrected chi connectivity index (χ4v) is 4.38. The molecule has 0 aromatic carbocycles. The third-order valence-electron chi connectivity index (χ3n) is 6.08. The van der Waals surface area contributed by atoms with Gasteiger partial charge in [0.25, 0.3) is 5.91 Å². The van der Waals surface area contributed by atoms with Gasteiger partial charge in [0.05, 0.1) is 11.3 Å². The Morgan fingerprint density at radius 1 is 1.29 bits per heavy atom. The van der Waals surface area contributed by atoms with Crippen LogP contribution in [0.25, 0.3) is 0 Å².